The average molecular weight is 274 g/mol. The fourth-order valence-electron chi connectivity index (χ4n) is 2.47. The van der Waals surface area contributed by atoms with E-state index in [0.717, 1.165) is 0 Å². The van der Waals surface area contributed by atoms with Crippen molar-refractivity contribution in [3.8, 4) is 0 Å². The zero-order chi connectivity index (χ0) is 14.0. The summed E-state index contributed by atoms with van der Waals surface area (Å²) in [6.45, 7) is 0.527. The van der Waals surface area contributed by atoms with Crippen molar-refractivity contribution >= 4 is 5.97 Å². The molecule has 1 aromatic heterocycles. The highest BCUT2D eigenvalue weighted by Gasteiger charge is 2.39. The van der Waals surface area contributed by atoms with Crippen LogP contribution in [0.3, 0.4) is 0 Å². The summed E-state index contributed by atoms with van der Waals surface area (Å²) in [5.74, 6) is -3.99. The predicted octanol–water partition coefficient (Wildman–Crippen LogP) is 0.913. The Bertz CT molecular complexity index is 475. The van der Waals surface area contributed by atoms with E-state index in [-0.39, 0.29) is 37.5 Å². The minimum absolute atomic E-state index is 0.121. The van der Waals surface area contributed by atoms with Gasteiger partial charge in [0.05, 0.1) is 5.69 Å². The maximum Gasteiger partial charge on any atom is 0.358 e. The monoisotopic (exact) mass is 274 g/mol. The Kier molecular flexibility index (Phi) is 3.79. The van der Waals surface area contributed by atoms with Gasteiger partial charge in [-0.05, 0) is 18.9 Å². The molecule has 0 aliphatic heterocycles. The van der Waals surface area contributed by atoms with Gasteiger partial charge in [-0.1, -0.05) is 5.21 Å². The number of carbonyl (C=O) groups is 1. The number of nitrogens with zero attached hydrogens (tertiary/aromatic N) is 3. The first kappa shape index (κ1) is 13.9. The summed E-state index contributed by atoms with van der Waals surface area (Å²) >= 11 is 0. The molecule has 0 amide bonds. The molecular formula is C11H16F2N4O2. The molecule has 1 aromatic rings. The number of hydrogen-bond donors (Lipinski definition) is 2. The van der Waals surface area contributed by atoms with Crippen LogP contribution in [0.15, 0.2) is 0 Å². The van der Waals surface area contributed by atoms with Gasteiger partial charge in [0.2, 0.25) is 5.92 Å². The fraction of sp³-hybridized carbons (Fsp3) is 0.727. The normalized spacial score (nSPS) is 21.7. The highest BCUT2D eigenvalue weighted by atomic mass is 19.3. The van der Waals surface area contributed by atoms with Gasteiger partial charge in [-0.15, -0.1) is 5.10 Å². The number of aromatic nitrogens is 3. The van der Waals surface area contributed by atoms with E-state index in [2.05, 4.69) is 10.3 Å². The van der Waals surface area contributed by atoms with E-state index < -0.39 is 11.9 Å². The van der Waals surface area contributed by atoms with Crippen molar-refractivity contribution in [2.45, 2.75) is 38.2 Å². The molecular weight excluding hydrogens is 258 g/mol. The molecule has 8 heteroatoms. The van der Waals surface area contributed by atoms with Crippen LogP contribution >= 0.6 is 0 Å². The number of aromatic carboxylic acids is 1. The third kappa shape index (κ3) is 3.06. The van der Waals surface area contributed by atoms with E-state index in [4.69, 9.17) is 10.8 Å². The Labute approximate surface area is 108 Å². The summed E-state index contributed by atoms with van der Waals surface area (Å²) in [7, 11) is 0. The Hall–Kier alpha value is -1.57. The summed E-state index contributed by atoms with van der Waals surface area (Å²) in [5.41, 5.74) is 5.69. The minimum Gasteiger partial charge on any atom is -0.476 e. The van der Waals surface area contributed by atoms with Gasteiger partial charge in [-0.25, -0.2) is 18.3 Å². The van der Waals surface area contributed by atoms with Crippen LogP contribution in [-0.4, -0.2) is 38.5 Å². The Balaban J connectivity index is 2.14. The second-order valence-electron chi connectivity index (χ2n) is 4.88. The third-order valence-electron chi connectivity index (χ3n) is 3.36. The Morgan fingerprint density at radius 1 is 1.58 bits per heavy atom. The molecule has 0 radical (unpaired) electrons. The van der Waals surface area contributed by atoms with Crippen molar-refractivity contribution < 1.29 is 18.7 Å². The smallest absolute Gasteiger partial charge is 0.358 e. The molecule has 1 heterocycles. The van der Waals surface area contributed by atoms with Crippen LogP contribution in [0.2, 0.25) is 0 Å². The number of alkyl halides is 2. The van der Waals surface area contributed by atoms with Crippen LogP contribution in [-0.2, 0) is 13.0 Å². The van der Waals surface area contributed by atoms with Gasteiger partial charge in [0.15, 0.2) is 5.69 Å². The van der Waals surface area contributed by atoms with Crippen LogP contribution in [0.4, 0.5) is 8.78 Å². The van der Waals surface area contributed by atoms with Crippen LogP contribution in [0.5, 0.6) is 0 Å². The van der Waals surface area contributed by atoms with Gasteiger partial charge in [0, 0.05) is 25.8 Å². The summed E-state index contributed by atoms with van der Waals surface area (Å²) < 4.78 is 27.6. The van der Waals surface area contributed by atoms with E-state index in [0.29, 0.717) is 18.5 Å². The molecule has 19 heavy (non-hydrogen) atoms. The van der Waals surface area contributed by atoms with Gasteiger partial charge in [-0.2, -0.15) is 0 Å². The standard InChI is InChI=1S/C11H16F2N4O2/c12-11(13)3-1-7(5-11)6-17-8(2-4-14)9(10(18)19)15-16-17/h7H,1-6,14H2,(H,18,19). The molecule has 1 unspecified atom stereocenters. The highest BCUT2D eigenvalue weighted by molar-refractivity contribution is 5.86. The number of carboxylic acid groups (broad SMARTS) is 1. The summed E-state index contributed by atoms with van der Waals surface area (Å²) in [4.78, 5) is 11.0. The summed E-state index contributed by atoms with van der Waals surface area (Å²) in [6.07, 6.45) is 0.427. The van der Waals surface area contributed by atoms with Crippen LogP contribution < -0.4 is 5.73 Å². The number of hydrogen-bond acceptors (Lipinski definition) is 4. The number of carboxylic acids is 1. The van der Waals surface area contributed by atoms with Crippen molar-refractivity contribution in [1.82, 2.24) is 15.0 Å². The molecule has 0 aromatic carbocycles. The van der Waals surface area contributed by atoms with Crippen molar-refractivity contribution in [2.24, 2.45) is 11.7 Å². The lowest BCUT2D eigenvalue weighted by molar-refractivity contribution is 0.00415. The van der Waals surface area contributed by atoms with E-state index in [9.17, 15) is 13.6 Å². The van der Waals surface area contributed by atoms with E-state index in [1.807, 2.05) is 0 Å². The quantitative estimate of drug-likeness (QED) is 0.832. The molecule has 2 rings (SSSR count). The van der Waals surface area contributed by atoms with E-state index >= 15 is 0 Å². The van der Waals surface area contributed by atoms with Gasteiger partial charge >= 0.3 is 5.97 Å². The first-order valence-corrected chi connectivity index (χ1v) is 6.16. The SMILES string of the molecule is NCCc1c(C(=O)O)nnn1CC1CCC(F)(F)C1. The lowest BCUT2D eigenvalue weighted by Gasteiger charge is -2.12. The topological polar surface area (TPSA) is 94.0 Å². The predicted molar refractivity (Wildman–Crippen MR) is 62.0 cm³/mol. The third-order valence-corrected chi connectivity index (χ3v) is 3.36. The van der Waals surface area contributed by atoms with Crippen molar-refractivity contribution in [1.29, 1.82) is 0 Å². The molecule has 0 spiro atoms. The van der Waals surface area contributed by atoms with Gasteiger partial charge in [0.25, 0.3) is 0 Å². The number of rotatable bonds is 5. The molecule has 1 aliphatic rings. The van der Waals surface area contributed by atoms with Crippen LogP contribution in [0.1, 0.15) is 35.4 Å². The van der Waals surface area contributed by atoms with E-state index in [1.54, 1.807) is 0 Å². The van der Waals surface area contributed by atoms with Crippen LogP contribution in [0, 0.1) is 5.92 Å². The van der Waals surface area contributed by atoms with Gasteiger partial charge in [-0.3, -0.25) is 0 Å². The molecule has 0 saturated heterocycles. The Morgan fingerprint density at radius 3 is 2.84 bits per heavy atom. The zero-order valence-corrected chi connectivity index (χ0v) is 10.4. The molecule has 1 aliphatic carbocycles. The number of halogens is 2. The number of nitrogens with two attached hydrogens (primary N) is 1. The molecule has 1 fully saturated rings. The largest absolute Gasteiger partial charge is 0.476 e. The summed E-state index contributed by atoms with van der Waals surface area (Å²) in [6, 6.07) is 0. The second kappa shape index (κ2) is 5.20. The fourth-order valence-corrected chi connectivity index (χ4v) is 2.47. The van der Waals surface area contributed by atoms with Gasteiger partial charge < -0.3 is 10.8 Å². The van der Waals surface area contributed by atoms with Crippen molar-refractivity contribution in [3.63, 3.8) is 0 Å². The maximum absolute atomic E-state index is 13.1. The average Bonchev–Trinajstić information content (AvgIpc) is 2.85. The van der Waals surface area contributed by atoms with Gasteiger partial charge in [0.1, 0.15) is 0 Å². The molecule has 3 N–H and O–H groups in total. The molecule has 6 nitrogen and oxygen atoms in total. The zero-order valence-electron chi connectivity index (χ0n) is 10.4. The van der Waals surface area contributed by atoms with E-state index in [1.165, 1.54) is 4.68 Å². The molecule has 106 valence electrons. The molecule has 1 atom stereocenters. The van der Waals surface area contributed by atoms with Crippen LogP contribution in [0.25, 0.3) is 0 Å². The Morgan fingerprint density at radius 2 is 2.32 bits per heavy atom. The molecule has 0 bridgehead atoms. The second-order valence-corrected chi connectivity index (χ2v) is 4.88. The lowest BCUT2D eigenvalue weighted by atomic mass is 10.1. The van der Waals surface area contributed by atoms with Crippen molar-refractivity contribution in [2.75, 3.05) is 6.54 Å². The lowest BCUT2D eigenvalue weighted by Crippen LogP contribution is -2.18. The minimum atomic E-state index is -2.62. The first-order valence-electron chi connectivity index (χ1n) is 6.16. The maximum atomic E-state index is 13.1. The molecule has 1 saturated carbocycles. The summed E-state index contributed by atoms with van der Waals surface area (Å²) in [5, 5.41) is 16.3. The van der Waals surface area contributed by atoms with Crippen molar-refractivity contribution in [3.05, 3.63) is 11.4 Å². The highest BCUT2D eigenvalue weighted by Crippen LogP contribution is 2.39. The first-order chi connectivity index (χ1) is 8.93.